The van der Waals surface area contributed by atoms with E-state index in [-0.39, 0.29) is 13.2 Å². The van der Waals surface area contributed by atoms with Gasteiger partial charge in [-0.3, -0.25) is 0 Å². The van der Waals surface area contributed by atoms with Crippen molar-refractivity contribution >= 4 is 11.6 Å². The number of benzene rings is 1. The predicted octanol–water partition coefficient (Wildman–Crippen LogP) is 2.52. The lowest BCUT2D eigenvalue weighted by molar-refractivity contribution is 0.279. The maximum Gasteiger partial charge on any atom is 0.219 e. The molecule has 0 unspecified atom stereocenters. The Bertz CT molecular complexity index is 604. The summed E-state index contributed by atoms with van der Waals surface area (Å²) >= 11 is 5.87. The van der Waals surface area contributed by atoms with E-state index < -0.39 is 0 Å². The monoisotopic (exact) mass is 295 g/mol. The fourth-order valence-corrected chi connectivity index (χ4v) is 1.81. The highest BCUT2D eigenvalue weighted by Crippen LogP contribution is 2.32. The lowest BCUT2D eigenvalue weighted by atomic mass is 10.2. The number of halogens is 1. The van der Waals surface area contributed by atoms with Crippen LogP contribution in [0.1, 0.15) is 11.1 Å². The third-order valence-corrected chi connectivity index (χ3v) is 3.05. The Morgan fingerprint density at radius 2 is 1.95 bits per heavy atom. The number of aromatic nitrogens is 1. The molecule has 0 spiro atoms. The molecule has 20 heavy (non-hydrogen) atoms. The average molecular weight is 296 g/mol. The predicted molar refractivity (Wildman–Crippen MR) is 74.2 cm³/mol. The molecular formula is C14H14ClNO4. The van der Waals surface area contributed by atoms with Gasteiger partial charge in [0, 0.05) is 17.8 Å². The van der Waals surface area contributed by atoms with Crippen LogP contribution in [0.2, 0.25) is 5.02 Å². The number of aliphatic hydroxyl groups excluding tert-OH is 2. The summed E-state index contributed by atoms with van der Waals surface area (Å²) in [5.74, 6) is 1.25. The number of hydrogen-bond acceptors (Lipinski definition) is 5. The summed E-state index contributed by atoms with van der Waals surface area (Å²) in [5.41, 5.74) is 1.25. The summed E-state index contributed by atoms with van der Waals surface area (Å²) in [5, 5.41) is 18.6. The molecule has 0 radical (unpaired) electrons. The minimum atomic E-state index is -0.196. The highest BCUT2D eigenvalue weighted by atomic mass is 35.5. The van der Waals surface area contributed by atoms with Crippen LogP contribution in [0.25, 0.3) is 0 Å². The van der Waals surface area contributed by atoms with Crippen molar-refractivity contribution in [2.45, 2.75) is 13.2 Å². The summed E-state index contributed by atoms with van der Waals surface area (Å²) in [6.07, 6.45) is 1.41. The molecule has 2 aromatic rings. The molecule has 0 amide bonds. The maximum atomic E-state index is 9.16. The zero-order chi connectivity index (χ0) is 14.5. The van der Waals surface area contributed by atoms with Crippen molar-refractivity contribution < 1.29 is 19.7 Å². The Labute approximate surface area is 121 Å². The van der Waals surface area contributed by atoms with Crippen LogP contribution in [0.3, 0.4) is 0 Å². The van der Waals surface area contributed by atoms with Crippen molar-refractivity contribution in [1.82, 2.24) is 4.98 Å². The quantitative estimate of drug-likeness (QED) is 0.887. The first-order valence-electron chi connectivity index (χ1n) is 5.89. The lowest BCUT2D eigenvalue weighted by Gasteiger charge is -2.11. The summed E-state index contributed by atoms with van der Waals surface area (Å²) < 4.78 is 10.8. The largest absolute Gasteiger partial charge is 0.493 e. The van der Waals surface area contributed by atoms with Crippen LogP contribution in [0, 0.1) is 0 Å². The van der Waals surface area contributed by atoms with Crippen molar-refractivity contribution in [2.75, 3.05) is 7.11 Å². The summed E-state index contributed by atoms with van der Waals surface area (Å²) in [6, 6.07) is 6.64. The van der Waals surface area contributed by atoms with Crippen molar-refractivity contribution in [3.05, 3.63) is 46.6 Å². The Morgan fingerprint density at radius 3 is 2.60 bits per heavy atom. The third kappa shape index (κ3) is 3.19. The number of pyridine rings is 1. The Balaban J connectivity index is 2.29. The van der Waals surface area contributed by atoms with Crippen molar-refractivity contribution in [3.63, 3.8) is 0 Å². The molecule has 0 aliphatic carbocycles. The van der Waals surface area contributed by atoms with E-state index in [1.807, 2.05) is 0 Å². The van der Waals surface area contributed by atoms with E-state index >= 15 is 0 Å². The molecule has 0 aliphatic heterocycles. The van der Waals surface area contributed by atoms with Gasteiger partial charge in [0.2, 0.25) is 5.88 Å². The van der Waals surface area contributed by atoms with Crippen LogP contribution in [-0.4, -0.2) is 22.3 Å². The second kappa shape index (κ2) is 6.56. The Kier molecular flexibility index (Phi) is 4.79. The van der Waals surface area contributed by atoms with Gasteiger partial charge in [-0.1, -0.05) is 17.7 Å². The first kappa shape index (κ1) is 14.6. The van der Waals surface area contributed by atoms with E-state index in [1.165, 1.54) is 13.3 Å². The van der Waals surface area contributed by atoms with Crippen molar-refractivity contribution in [1.29, 1.82) is 0 Å². The number of nitrogens with zero attached hydrogens (tertiary/aromatic N) is 1. The van der Waals surface area contributed by atoms with Crippen molar-refractivity contribution in [2.24, 2.45) is 0 Å². The number of ether oxygens (including phenoxy) is 2. The van der Waals surface area contributed by atoms with Gasteiger partial charge in [-0.15, -0.1) is 0 Å². The SMILES string of the molecule is COc1cc(CO)ccc1Oc1cc(CO)c(Cl)cn1. The Morgan fingerprint density at radius 1 is 1.15 bits per heavy atom. The smallest absolute Gasteiger partial charge is 0.219 e. The highest BCUT2D eigenvalue weighted by Gasteiger charge is 2.09. The second-order valence-corrected chi connectivity index (χ2v) is 4.42. The normalized spacial score (nSPS) is 10.4. The summed E-state index contributed by atoms with van der Waals surface area (Å²) in [7, 11) is 1.51. The summed E-state index contributed by atoms with van der Waals surface area (Å²) in [4.78, 5) is 4.03. The van der Waals surface area contributed by atoms with Gasteiger partial charge in [0.05, 0.1) is 25.3 Å². The second-order valence-electron chi connectivity index (χ2n) is 4.02. The van der Waals surface area contributed by atoms with Crippen LogP contribution in [0.15, 0.2) is 30.5 Å². The van der Waals surface area contributed by atoms with Crippen LogP contribution in [0.4, 0.5) is 0 Å². The molecule has 106 valence electrons. The average Bonchev–Trinajstić information content (AvgIpc) is 2.49. The first-order chi connectivity index (χ1) is 9.67. The van der Waals surface area contributed by atoms with Crippen molar-refractivity contribution in [3.8, 4) is 17.4 Å². The fraction of sp³-hybridized carbons (Fsp3) is 0.214. The molecule has 0 fully saturated rings. The summed E-state index contributed by atoms with van der Waals surface area (Å²) in [6.45, 7) is -0.275. The van der Waals surface area contributed by atoms with Gasteiger partial charge < -0.3 is 19.7 Å². The van der Waals surface area contributed by atoms with E-state index in [0.29, 0.717) is 33.5 Å². The molecule has 6 heteroatoms. The molecule has 0 aliphatic rings. The molecule has 1 heterocycles. The minimum Gasteiger partial charge on any atom is -0.493 e. The van der Waals surface area contributed by atoms with E-state index in [9.17, 15) is 0 Å². The molecule has 0 saturated heterocycles. The van der Waals surface area contributed by atoms with E-state index in [1.54, 1.807) is 24.3 Å². The molecule has 0 atom stereocenters. The van der Waals surface area contributed by atoms with E-state index in [0.717, 1.165) is 0 Å². The lowest BCUT2D eigenvalue weighted by Crippen LogP contribution is -1.95. The zero-order valence-electron chi connectivity index (χ0n) is 10.8. The topological polar surface area (TPSA) is 71.8 Å². The number of hydrogen-bond donors (Lipinski definition) is 2. The van der Waals surface area contributed by atoms with Crippen LogP contribution in [-0.2, 0) is 13.2 Å². The molecule has 5 nitrogen and oxygen atoms in total. The molecule has 0 saturated carbocycles. The number of methoxy groups -OCH3 is 1. The van der Waals surface area contributed by atoms with Gasteiger partial charge in [-0.2, -0.15) is 0 Å². The Hall–Kier alpha value is -1.82. The zero-order valence-corrected chi connectivity index (χ0v) is 11.6. The van der Waals surface area contributed by atoms with Crippen LogP contribution >= 0.6 is 11.6 Å². The van der Waals surface area contributed by atoms with Gasteiger partial charge in [-0.25, -0.2) is 4.98 Å². The highest BCUT2D eigenvalue weighted by molar-refractivity contribution is 6.31. The molecule has 0 bridgehead atoms. The van der Waals surface area contributed by atoms with E-state index in [4.69, 9.17) is 31.3 Å². The van der Waals surface area contributed by atoms with Gasteiger partial charge >= 0.3 is 0 Å². The molecule has 2 N–H and O–H groups in total. The van der Waals surface area contributed by atoms with Gasteiger partial charge in [0.15, 0.2) is 11.5 Å². The minimum absolute atomic E-state index is 0.0789. The van der Waals surface area contributed by atoms with Gasteiger partial charge in [0.25, 0.3) is 0 Å². The number of aliphatic hydroxyl groups is 2. The third-order valence-electron chi connectivity index (χ3n) is 2.71. The molecule has 1 aromatic heterocycles. The first-order valence-corrected chi connectivity index (χ1v) is 6.26. The molecular weight excluding hydrogens is 282 g/mol. The molecule has 2 rings (SSSR count). The van der Waals surface area contributed by atoms with Gasteiger partial charge in [-0.05, 0) is 17.7 Å². The van der Waals surface area contributed by atoms with Crippen LogP contribution < -0.4 is 9.47 Å². The molecule has 1 aromatic carbocycles. The number of rotatable bonds is 5. The van der Waals surface area contributed by atoms with Gasteiger partial charge in [0.1, 0.15) is 0 Å². The fourth-order valence-electron chi connectivity index (χ4n) is 1.64. The standard InChI is InChI=1S/C14H14ClNO4/c1-19-13-4-9(7-17)2-3-12(13)20-14-5-10(8-18)11(15)6-16-14/h2-6,17-18H,7-8H2,1H3. The maximum absolute atomic E-state index is 9.16. The van der Waals surface area contributed by atoms with Crippen LogP contribution in [0.5, 0.6) is 17.4 Å². The van der Waals surface area contributed by atoms with E-state index in [2.05, 4.69) is 4.98 Å².